The zero-order valence-electron chi connectivity index (χ0n) is 16.5. The van der Waals surface area contributed by atoms with Gasteiger partial charge in [0.05, 0.1) is 5.52 Å². The van der Waals surface area contributed by atoms with E-state index in [1.54, 1.807) is 15.5 Å². The number of hydrogen-bond donors (Lipinski definition) is 1. The highest BCUT2D eigenvalue weighted by atomic mass is 16.2. The number of aromatic nitrogens is 2. The summed E-state index contributed by atoms with van der Waals surface area (Å²) in [6.45, 7) is 7.46. The van der Waals surface area contributed by atoms with E-state index in [9.17, 15) is 9.59 Å². The molecule has 0 unspecified atom stereocenters. The Balaban J connectivity index is 1.73. The highest BCUT2D eigenvalue weighted by Gasteiger charge is 2.27. The van der Waals surface area contributed by atoms with Gasteiger partial charge in [0.2, 0.25) is 5.82 Å². The Morgan fingerprint density at radius 3 is 2.39 bits per heavy atom. The van der Waals surface area contributed by atoms with E-state index >= 15 is 0 Å². The fourth-order valence-electron chi connectivity index (χ4n) is 3.97. The zero-order valence-corrected chi connectivity index (χ0v) is 16.5. The van der Waals surface area contributed by atoms with Gasteiger partial charge < -0.3 is 10.2 Å². The molecule has 3 heterocycles. The number of pyridine rings is 1. The van der Waals surface area contributed by atoms with Gasteiger partial charge in [0, 0.05) is 25.0 Å². The fourth-order valence-corrected chi connectivity index (χ4v) is 3.97. The fraction of sp³-hybridized carbons (Fsp3) is 0.318. The molecule has 1 aliphatic rings. The molecule has 144 valence electrons. The number of nitrogens with zero attached hydrogens (tertiary/aromatic N) is 3. The van der Waals surface area contributed by atoms with E-state index in [1.807, 2.05) is 51.1 Å². The summed E-state index contributed by atoms with van der Waals surface area (Å²) >= 11 is 0. The van der Waals surface area contributed by atoms with E-state index in [4.69, 9.17) is 0 Å². The minimum absolute atomic E-state index is 0.125. The van der Waals surface area contributed by atoms with Gasteiger partial charge in [0.25, 0.3) is 11.8 Å². The van der Waals surface area contributed by atoms with Crippen LogP contribution in [0.1, 0.15) is 50.6 Å². The Morgan fingerprint density at radius 2 is 1.71 bits per heavy atom. The van der Waals surface area contributed by atoms with Crippen LogP contribution < -0.4 is 5.32 Å². The molecule has 3 aromatic rings. The molecule has 2 aromatic heterocycles. The topological polar surface area (TPSA) is 66.7 Å². The van der Waals surface area contributed by atoms with Gasteiger partial charge in [-0.2, -0.15) is 0 Å². The Labute approximate surface area is 164 Å². The minimum Gasteiger partial charge on any atom is -0.336 e. The molecular weight excluding hydrogens is 352 g/mol. The van der Waals surface area contributed by atoms with Gasteiger partial charge in [-0.05, 0) is 56.9 Å². The average molecular weight is 376 g/mol. The van der Waals surface area contributed by atoms with Crippen LogP contribution in [0.2, 0.25) is 0 Å². The van der Waals surface area contributed by atoms with Gasteiger partial charge in [0.1, 0.15) is 0 Å². The lowest BCUT2D eigenvalue weighted by atomic mass is 10.0. The molecule has 0 atom stereocenters. The summed E-state index contributed by atoms with van der Waals surface area (Å²) in [5.74, 6) is -0.139. The Hall–Kier alpha value is -3.15. The normalized spacial score (nSPS) is 13.9. The molecule has 0 saturated carbocycles. The van der Waals surface area contributed by atoms with Gasteiger partial charge in [0.15, 0.2) is 5.69 Å². The second kappa shape index (κ2) is 7.11. The largest absolute Gasteiger partial charge is 0.336 e. The predicted octanol–water partition coefficient (Wildman–Crippen LogP) is 3.75. The molecule has 4 rings (SSSR count). The first-order valence-electron chi connectivity index (χ1n) is 9.61. The Bertz CT molecular complexity index is 1050. The summed E-state index contributed by atoms with van der Waals surface area (Å²) < 4.78 is 1.71. The third kappa shape index (κ3) is 3.15. The van der Waals surface area contributed by atoms with Crippen LogP contribution in [0.5, 0.6) is 0 Å². The van der Waals surface area contributed by atoms with E-state index in [1.165, 1.54) is 0 Å². The lowest BCUT2D eigenvalue weighted by Crippen LogP contribution is -2.29. The number of likely N-dealkylation sites (tertiary alicyclic amines) is 1. The van der Waals surface area contributed by atoms with Gasteiger partial charge in [-0.15, -0.1) is 0 Å². The van der Waals surface area contributed by atoms with Crippen LogP contribution in [0.25, 0.3) is 5.52 Å². The monoisotopic (exact) mass is 376 g/mol. The number of rotatable bonds is 3. The number of benzene rings is 1. The van der Waals surface area contributed by atoms with Crippen LogP contribution >= 0.6 is 0 Å². The van der Waals surface area contributed by atoms with Gasteiger partial charge >= 0.3 is 0 Å². The molecule has 6 nitrogen and oxygen atoms in total. The van der Waals surface area contributed by atoms with Crippen molar-refractivity contribution >= 4 is 23.0 Å². The van der Waals surface area contributed by atoms with E-state index < -0.39 is 0 Å². The molecule has 1 N–H and O–H groups in total. The van der Waals surface area contributed by atoms with Crippen molar-refractivity contribution in [3.05, 3.63) is 64.7 Å². The van der Waals surface area contributed by atoms with Crippen molar-refractivity contribution in [1.29, 1.82) is 0 Å². The second-order valence-corrected chi connectivity index (χ2v) is 7.47. The highest BCUT2D eigenvalue weighted by Crippen LogP contribution is 2.24. The average Bonchev–Trinajstić information content (AvgIpc) is 3.32. The number of imidazole rings is 1. The zero-order chi connectivity index (χ0) is 19.8. The van der Waals surface area contributed by atoms with Crippen LogP contribution in [0.3, 0.4) is 0 Å². The summed E-state index contributed by atoms with van der Waals surface area (Å²) in [7, 11) is 0. The molecular formula is C22H24N4O2. The first-order valence-corrected chi connectivity index (χ1v) is 9.61. The van der Waals surface area contributed by atoms with E-state index in [-0.39, 0.29) is 17.5 Å². The van der Waals surface area contributed by atoms with Crippen molar-refractivity contribution in [3.8, 4) is 0 Å². The quantitative estimate of drug-likeness (QED) is 0.757. The summed E-state index contributed by atoms with van der Waals surface area (Å²) in [4.78, 5) is 32.2. The molecule has 0 aliphatic carbocycles. The van der Waals surface area contributed by atoms with E-state index in [0.717, 1.165) is 48.3 Å². The van der Waals surface area contributed by atoms with Crippen LogP contribution in [-0.4, -0.2) is 39.2 Å². The van der Waals surface area contributed by atoms with Gasteiger partial charge in [-0.1, -0.05) is 23.8 Å². The number of hydrogen-bond acceptors (Lipinski definition) is 3. The molecule has 1 fully saturated rings. The number of carbonyl (C=O) groups excluding carboxylic acids is 2. The molecule has 0 radical (unpaired) electrons. The lowest BCUT2D eigenvalue weighted by Gasteiger charge is -2.13. The standard InChI is InChI=1S/C22H24N4O2/c1-14-12-15(2)18(16(3)13-14)24-21(27)19-17-8-4-5-11-26(17)20(23-19)22(28)25-9-6-7-10-25/h4-5,8,11-13H,6-7,9-10H2,1-3H3,(H,24,27). The third-order valence-electron chi connectivity index (χ3n) is 5.26. The smallest absolute Gasteiger partial charge is 0.290 e. The number of carbonyl (C=O) groups is 2. The van der Waals surface area contributed by atoms with Crippen LogP contribution in [0.4, 0.5) is 5.69 Å². The molecule has 1 aliphatic heterocycles. The van der Waals surface area contributed by atoms with Crippen molar-refractivity contribution < 1.29 is 9.59 Å². The predicted molar refractivity (Wildman–Crippen MR) is 109 cm³/mol. The number of fused-ring (bicyclic) bond motifs is 1. The lowest BCUT2D eigenvalue weighted by molar-refractivity contribution is 0.0780. The number of nitrogens with one attached hydrogen (secondary N) is 1. The summed E-state index contributed by atoms with van der Waals surface area (Å²) in [6, 6.07) is 9.58. The van der Waals surface area contributed by atoms with Crippen molar-refractivity contribution in [2.75, 3.05) is 18.4 Å². The highest BCUT2D eigenvalue weighted by molar-refractivity contribution is 6.09. The molecule has 2 amide bonds. The SMILES string of the molecule is Cc1cc(C)c(NC(=O)c2nc(C(=O)N3CCCC3)n3ccccc23)c(C)c1. The maximum absolute atomic E-state index is 13.1. The Kier molecular flexibility index (Phi) is 4.63. The van der Waals surface area contributed by atoms with E-state index in [0.29, 0.717) is 11.3 Å². The second-order valence-electron chi connectivity index (χ2n) is 7.47. The number of amides is 2. The van der Waals surface area contributed by atoms with Crippen molar-refractivity contribution in [3.63, 3.8) is 0 Å². The third-order valence-corrected chi connectivity index (χ3v) is 5.26. The van der Waals surface area contributed by atoms with Crippen LogP contribution in [-0.2, 0) is 0 Å². The van der Waals surface area contributed by atoms with E-state index in [2.05, 4.69) is 10.3 Å². The number of anilines is 1. The van der Waals surface area contributed by atoms with Crippen LogP contribution in [0, 0.1) is 20.8 Å². The summed E-state index contributed by atoms with van der Waals surface area (Å²) in [6.07, 6.45) is 3.80. The number of aryl methyl sites for hydroxylation is 3. The molecule has 28 heavy (non-hydrogen) atoms. The first-order chi connectivity index (χ1) is 13.5. The van der Waals surface area contributed by atoms with Crippen LogP contribution in [0.15, 0.2) is 36.5 Å². The van der Waals surface area contributed by atoms with Gasteiger partial charge in [-0.25, -0.2) is 4.98 Å². The molecule has 1 aromatic carbocycles. The molecule has 6 heteroatoms. The summed E-state index contributed by atoms with van der Waals surface area (Å²) in [5.41, 5.74) is 4.84. The maximum Gasteiger partial charge on any atom is 0.290 e. The van der Waals surface area contributed by atoms with Crippen molar-refractivity contribution in [1.82, 2.24) is 14.3 Å². The Morgan fingerprint density at radius 1 is 1.04 bits per heavy atom. The molecule has 0 bridgehead atoms. The summed E-state index contributed by atoms with van der Waals surface area (Å²) in [5, 5.41) is 3.00. The van der Waals surface area contributed by atoms with Crippen molar-refractivity contribution in [2.45, 2.75) is 33.6 Å². The molecule has 0 spiro atoms. The first kappa shape index (κ1) is 18.2. The molecule has 1 saturated heterocycles. The van der Waals surface area contributed by atoms with Crippen molar-refractivity contribution in [2.24, 2.45) is 0 Å². The van der Waals surface area contributed by atoms with Gasteiger partial charge in [-0.3, -0.25) is 14.0 Å². The minimum atomic E-state index is -0.306. The maximum atomic E-state index is 13.1.